The van der Waals surface area contributed by atoms with Crippen LogP contribution < -0.4 is 0 Å². The Morgan fingerprint density at radius 1 is 0.205 bits per heavy atom. The molecule has 0 aliphatic carbocycles. The lowest BCUT2D eigenvalue weighted by atomic mass is 9.93. The van der Waals surface area contributed by atoms with E-state index in [1.165, 1.54) is 110 Å². The average Bonchev–Trinajstić information content (AvgIpc) is 2.48. The van der Waals surface area contributed by atoms with Gasteiger partial charge in [-0.25, -0.2) is 0 Å². The summed E-state index contributed by atoms with van der Waals surface area (Å²) < 4.78 is 16.1. The third-order valence-electron chi connectivity index (χ3n) is 17.6. The van der Waals surface area contributed by atoms with Crippen molar-refractivity contribution in [2.45, 2.75) is 0 Å². The number of aromatic nitrogens is 4. The molecule has 0 unspecified atom stereocenters. The number of nitrogens with zero attached hydrogens (tertiary/aromatic N) is 4. The van der Waals surface area contributed by atoms with E-state index in [1.807, 2.05) is 12.1 Å². The number of para-hydroxylation sites is 6. The first-order valence-corrected chi connectivity index (χ1v) is 28.5. The topological polar surface area (TPSA) is 32.9 Å². The summed E-state index contributed by atoms with van der Waals surface area (Å²) >= 11 is 0. The highest BCUT2D eigenvalue weighted by atomic mass is 16.3. The fraction of sp³-hybridized carbons (Fsp3) is 0. The molecule has 0 atom stereocenters. The molecular weight excluding hydrogens is 1010 g/mol. The lowest BCUT2D eigenvalue weighted by Gasteiger charge is -2.13. The van der Waals surface area contributed by atoms with Crippen LogP contribution in [0.5, 0.6) is 0 Å². The van der Waals surface area contributed by atoms with Crippen LogP contribution in [0, 0.1) is 0 Å². The summed E-state index contributed by atoms with van der Waals surface area (Å²) in [6, 6.07) is 106. The van der Waals surface area contributed by atoms with Crippen LogP contribution in [0.2, 0.25) is 0 Å². The minimum atomic E-state index is 0.887. The second kappa shape index (κ2) is 17.7. The van der Waals surface area contributed by atoms with E-state index in [9.17, 15) is 0 Å². The van der Waals surface area contributed by atoms with Crippen molar-refractivity contribution >= 4 is 109 Å². The Balaban J connectivity index is 0.681. The number of fused-ring (bicyclic) bond motifs is 17. The van der Waals surface area contributed by atoms with Gasteiger partial charge < -0.3 is 22.7 Å². The molecule has 5 heterocycles. The van der Waals surface area contributed by atoms with Crippen LogP contribution >= 0.6 is 0 Å². The summed E-state index contributed by atoms with van der Waals surface area (Å²) in [6.45, 7) is 0. The molecule has 0 spiro atoms. The van der Waals surface area contributed by atoms with Gasteiger partial charge in [0.25, 0.3) is 0 Å². The van der Waals surface area contributed by atoms with Gasteiger partial charge in [-0.1, -0.05) is 188 Å². The van der Waals surface area contributed by atoms with Gasteiger partial charge >= 0.3 is 0 Å². The quantitative estimate of drug-likeness (QED) is 0.157. The van der Waals surface area contributed by atoms with Gasteiger partial charge in [-0.2, -0.15) is 0 Å². The van der Waals surface area contributed by atoms with Crippen LogP contribution in [0.3, 0.4) is 0 Å². The van der Waals surface area contributed by atoms with Gasteiger partial charge in [0.05, 0.1) is 44.1 Å². The fourth-order valence-corrected chi connectivity index (χ4v) is 14.0. The van der Waals surface area contributed by atoms with E-state index in [2.05, 4.69) is 297 Å². The van der Waals surface area contributed by atoms with Crippen molar-refractivity contribution in [1.29, 1.82) is 0 Å². The van der Waals surface area contributed by atoms with Gasteiger partial charge in [-0.15, -0.1) is 0 Å². The first kappa shape index (κ1) is 45.7. The molecule has 5 heteroatoms. The lowest BCUT2D eigenvalue weighted by molar-refractivity contribution is 0.668. The van der Waals surface area contributed by atoms with E-state index >= 15 is 0 Å². The molecule has 18 aromatic rings. The third kappa shape index (κ3) is 6.70. The molecule has 13 aromatic carbocycles. The normalized spacial score (nSPS) is 12.1. The Labute approximate surface area is 476 Å². The number of furan rings is 1. The summed E-state index contributed by atoms with van der Waals surface area (Å²) in [7, 11) is 0. The second-order valence-corrected chi connectivity index (χ2v) is 22.0. The summed E-state index contributed by atoms with van der Waals surface area (Å²) in [6.07, 6.45) is 0. The van der Waals surface area contributed by atoms with Gasteiger partial charge in [-0.3, -0.25) is 0 Å². The zero-order valence-corrected chi connectivity index (χ0v) is 44.9. The van der Waals surface area contributed by atoms with E-state index in [0.29, 0.717) is 0 Å². The summed E-state index contributed by atoms with van der Waals surface area (Å²) in [5.74, 6) is 0. The number of hydrogen-bond acceptors (Lipinski definition) is 1. The van der Waals surface area contributed by atoms with Gasteiger partial charge in [0.15, 0.2) is 0 Å². The maximum Gasteiger partial charge on any atom is 0.137 e. The minimum absolute atomic E-state index is 0.887. The van der Waals surface area contributed by atoms with Crippen molar-refractivity contribution in [3.63, 3.8) is 0 Å². The standard InChI is InChI=1S/C78H48N4O/c1-2-16-53(17-3-1)82-66-25-11-6-20-59(66)62-44-45-72-77(78(62)82)65-24-9-14-28-69(65)80(72)54-38-34-50(35-39-54)49-30-32-51(33-31-49)57-18-4-5-19-58(57)52-36-40-55(41-37-52)79-67-26-12-7-22-63(67)75-70(79)46-47-71-76(75)64-23-8-13-27-68(64)81(71)56-42-43-61-60-21-10-15-29-73(60)83-74(61)48-56/h1-48H. The third-order valence-corrected chi connectivity index (χ3v) is 17.6. The Kier molecular flexibility index (Phi) is 9.73. The van der Waals surface area contributed by atoms with Crippen LogP contribution in [0.1, 0.15) is 0 Å². The molecule has 386 valence electrons. The molecule has 0 N–H and O–H groups in total. The molecular formula is C78H48N4O. The molecule has 18 rings (SSSR count). The first-order valence-electron chi connectivity index (χ1n) is 28.5. The van der Waals surface area contributed by atoms with Crippen LogP contribution in [-0.4, -0.2) is 18.3 Å². The van der Waals surface area contributed by atoms with Crippen LogP contribution in [0.15, 0.2) is 296 Å². The van der Waals surface area contributed by atoms with E-state index < -0.39 is 0 Å². The maximum atomic E-state index is 6.41. The largest absolute Gasteiger partial charge is 0.456 e. The smallest absolute Gasteiger partial charge is 0.137 e. The number of rotatable bonds is 7. The van der Waals surface area contributed by atoms with E-state index in [-0.39, 0.29) is 0 Å². The first-order chi connectivity index (χ1) is 41.2. The molecule has 0 fully saturated rings. The van der Waals surface area contributed by atoms with Gasteiger partial charge in [0.1, 0.15) is 11.2 Å². The highest BCUT2D eigenvalue weighted by Crippen LogP contribution is 2.45. The van der Waals surface area contributed by atoms with Crippen molar-refractivity contribution in [1.82, 2.24) is 18.3 Å². The molecule has 0 bridgehead atoms. The molecule has 0 amide bonds. The average molecular weight is 1060 g/mol. The summed E-state index contributed by atoms with van der Waals surface area (Å²) in [4.78, 5) is 0. The SMILES string of the molecule is c1ccc(-n2c3ccccc3c3ccc4c(c5ccccc5n4-c4ccc(-c5ccc(-c6ccccc6-c6ccc(-n7c8ccccc8c8c9c%10ccccc%10n(-c%10ccc%11c(c%10)oc%10ccccc%10%11)c9ccc87)cc6)cc5)cc4)c32)cc1. The predicted molar refractivity (Wildman–Crippen MR) is 347 cm³/mol. The minimum Gasteiger partial charge on any atom is -0.456 e. The lowest BCUT2D eigenvalue weighted by Crippen LogP contribution is -1.95. The maximum absolute atomic E-state index is 6.41. The van der Waals surface area contributed by atoms with Gasteiger partial charge in [0.2, 0.25) is 0 Å². The Morgan fingerprint density at radius 2 is 0.578 bits per heavy atom. The highest BCUT2D eigenvalue weighted by molar-refractivity contribution is 6.29. The fourth-order valence-electron chi connectivity index (χ4n) is 14.0. The number of benzene rings is 13. The molecule has 83 heavy (non-hydrogen) atoms. The van der Waals surface area contributed by atoms with Crippen molar-refractivity contribution in [3.05, 3.63) is 291 Å². The molecule has 5 aromatic heterocycles. The monoisotopic (exact) mass is 1060 g/mol. The molecule has 0 aliphatic rings. The van der Waals surface area contributed by atoms with Crippen molar-refractivity contribution in [2.75, 3.05) is 0 Å². The molecule has 0 saturated carbocycles. The Bertz CT molecular complexity index is 5650. The molecule has 0 saturated heterocycles. The van der Waals surface area contributed by atoms with Crippen molar-refractivity contribution in [3.8, 4) is 56.1 Å². The zero-order chi connectivity index (χ0) is 54.3. The van der Waals surface area contributed by atoms with Gasteiger partial charge in [0, 0.05) is 82.7 Å². The predicted octanol–water partition coefficient (Wildman–Crippen LogP) is 21.0. The second-order valence-electron chi connectivity index (χ2n) is 22.0. The number of hydrogen-bond donors (Lipinski definition) is 0. The Morgan fingerprint density at radius 3 is 1.17 bits per heavy atom. The van der Waals surface area contributed by atoms with Crippen LogP contribution in [0.25, 0.3) is 165 Å². The van der Waals surface area contributed by atoms with Crippen LogP contribution in [-0.2, 0) is 0 Å². The van der Waals surface area contributed by atoms with Crippen molar-refractivity contribution in [2.24, 2.45) is 0 Å². The van der Waals surface area contributed by atoms with Crippen LogP contribution in [0.4, 0.5) is 0 Å². The zero-order valence-electron chi connectivity index (χ0n) is 44.9. The summed E-state index contributed by atoms with van der Waals surface area (Å²) in [5.41, 5.74) is 22.9. The molecule has 0 radical (unpaired) electrons. The molecule has 5 nitrogen and oxygen atoms in total. The van der Waals surface area contributed by atoms with Crippen molar-refractivity contribution < 1.29 is 4.42 Å². The van der Waals surface area contributed by atoms with E-state index in [4.69, 9.17) is 4.42 Å². The van der Waals surface area contributed by atoms with E-state index in [1.54, 1.807) is 0 Å². The van der Waals surface area contributed by atoms with Gasteiger partial charge in [-0.05, 0) is 130 Å². The summed E-state index contributed by atoms with van der Waals surface area (Å²) in [5, 5.41) is 12.2. The Hall–Kier alpha value is -11.1. The van der Waals surface area contributed by atoms with E-state index in [0.717, 1.165) is 55.7 Å². The molecule has 0 aliphatic heterocycles. The highest BCUT2D eigenvalue weighted by Gasteiger charge is 2.23.